The molecule has 1 heterocycles. The van der Waals surface area contributed by atoms with Crippen molar-refractivity contribution >= 4 is 11.6 Å². The lowest BCUT2D eigenvalue weighted by Gasteiger charge is -2.11. The summed E-state index contributed by atoms with van der Waals surface area (Å²) in [5.74, 6) is 0.106. The monoisotopic (exact) mass is 216 g/mol. The van der Waals surface area contributed by atoms with Crippen molar-refractivity contribution in [1.82, 2.24) is 5.32 Å². The van der Waals surface area contributed by atoms with Gasteiger partial charge in [0.15, 0.2) is 0 Å². The van der Waals surface area contributed by atoms with Crippen molar-refractivity contribution in [1.29, 1.82) is 0 Å². The molecule has 16 heavy (non-hydrogen) atoms. The fourth-order valence-electron chi connectivity index (χ4n) is 2.41. The van der Waals surface area contributed by atoms with Crippen molar-refractivity contribution < 1.29 is 4.79 Å². The van der Waals surface area contributed by atoms with Crippen LogP contribution in [0.2, 0.25) is 0 Å². The maximum atomic E-state index is 12.0. The molecule has 0 aromatic heterocycles. The highest BCUT2D eigenvalue weighted by Crippen LogP contribution is 2.51. The highest BCUT2D eigenvalue weighted by Gasteiger charge is 2.49. The average Bonchev–Trinajstić information content (AvgIpc) is 2.90. The molecular weight excluding hydrogens is 200 g/mol. The predicted octanol–water partition coefficient (Wildman–Crippen LogP) is 1.77. The summed E-state index contributed by atoms with van der Waals surface area (Å²) in [7, 11) is 0. The van der Waals surface area contributed by atoms with E-state index in [-0.39, 0.29) is 11.9 Å². The van der Waals surface area contributed by atoms with Gasteiger partial charge in [-0.1, -0.05) is 18.2 Å². The summed E-state index contributed by atoms with van der Waals surface area (Å²) in [4.78, 5) is 12.0. The first-order valence-electron chi connectivity index (χ1n) is 5.87. The van der Waals surface area contributed by atoms with E-state index in [1.165, 1.54) is 12.8 Å². The van der Waals surface area contributed by atoms with Gasteiger partial charge in [-0.3, -0.25) is 4.79 Å². The minimum absolute atomic E-state index is 0.00251. The number of anilines is 1. The number of amides is 1. The number of rotatable bonds is 2. The van der Waals surface area contributed by atoms with Crippen LogP contribution in [0.5, 0.6) is 0 Å². The Balaban J connectivity index is 1.62. The van der Waals surface area contributed by atoms with E-state index < -0.39 is 0 Å². The van der Waals surface area contributed by atoms with Gasteiger partial charge < -0.3 is 10.6 Å². The molecule has 1 aromatic carbocycles. The van der Waals surface area contributed by atoms with E-state index in [0.717, 1.165) is 18.7 Å². The third-order valence-electron chi connectivity index (χ3n) is 3.68. The third kappa shape index (κ3) is 1.83. The fourth-order valence-corrected chi connectivity index (χ4v) is 2.41. The van der Waals surface area contributed by atoms with Crippen LogP contribution >= 0.6 is 0 Å². The lowest BCUT2D eigenvalue weighted by molar-refractivity contribution is -0.117. The molecule has 1 aliphatic heterocycles. The van der Waals surface area contributed by atoms with Crippen LogP contribution in [0.4, 0.5) is 5.69 Å². The van der Waals surface area contributed by atoms with Crippen molar-refractivity contribution in [3.8, 4) is 0 Å². The van der Waals surface area contributed by atoms with Crippen molar-refractivity contribution in [2.24, 2.45) is 5.41 Å². The number of carbonyl (C=O) groups excluding carboxylic acids is 1. The van der Waals surface area contributed by atoms with Crippen LogP contribution in [0.25, 0.3) is 0 Å². The van der Waals surface area contributed by atoms with Crippen LogP contribution in [0, 0.1) is 5.41 Å². The zero-order valence-corrected chi connectivity index (χ0v) is 9.20. The van der Waals surface area contributed by atoms with E-state index >= 15 is 0 Å². The van der Waals surface area contributed by atoms with Crippen LogP contribution < -0.4 is 10.6 Å². The Morgan fingerprint density at radius 3 is 2.69 bits per heavy atom. The highest BCUT2D eigenvalue weighted by molar-refractivity contribution is 5.95. The Morgan fingerprint density at radius 2 is 2.06 bits per heavy atom. The number of hydrogen-bond donors (Lipinski definition) is 2. The molecule has 0 radical (unpaired) electrons. The Bertz CT molecular complexity index is 398. The molecule has 3 nitrogen and oxygen atoms in total. The van der Waals surface area contributed by atoms with Crippen LogP contribution in [-0.4, -0.2) is 18.5 Å². The first kappa shape index (κ1) is 9.85. The largest absolute Gasteiger partial charge is 0.325 e. The van der Waals surface area contributed by atoms with Gasteiger partial charge in [0, 0.05) is 12.2 Å². The number of nitrogens with one attached hydrogen (secondary N) is 2. The standard InChI is InChI=1S/C13H16N2O/c16-12(15-10-4-2-1-3-5-10)11-8-13(6-7-13)9-14-11/h1-5,11,14H,6-9H2,(H,15,16). The van der Waals surface area contributed by atoms with Crippen LogP contribution in [0.15, 0.2) is 30.3 Å². The Morgan fingerprint density at radius 1 is 1.31 bits per heavy atom. The van der Waals surface area contributed by atoms with Crippen LogP contribution in [0.1, 0.15) is 19.3 Å². The molecule has 84 valence electrons. The number of carbonyl (C=O) groups is 1. The van der Waals surface area contributed by atoms with E-state index in [0.29, 0.717) is 5.41 Å². The summed E-state index contributed by atoms with van der Waals surface area (Å²) >= 11 is 0. The molecule has 1 atom stereocenters. The average molecular weight is 216 g/mol. The zero-order valence-electron chi connectivity index (χ0n) is 9.20. The second-order valence-electron chi connectivity index (χ2n) is 4.99. The zero-order chi connectivity index (χ0) is 11.0. The van der Waals surface area contributed by atoms with Gasteiger partial charge in [0.05, 0.1) is 6.04 Å². The summed E-state index contributed by atoms with van der Waals surface area (Å²) in [6, 6.07) is 9.64. The third-order valence-corrected chi connectivity index (χ3v) is 3.68. The molecule has 3 rings (SSSR count). The molecular formula is C13H16N2O. The van der Waals surface area contributed by atoms with Gasteiger partial charge in [-0.25, -0.2) is 0 Å². The predicted molar refractivity (Wildman–Crippen MR) is 63.1 cm³/mol. The summed E-state index contributed by atoms with van der Waals surface area (Å²) in [6.45, 7) is 1.01. The molecule has 2 N–H and O–H groups in total. The molecule has 1 saturated carbocycles. The molecule has 1 saturated heterocycles. The first-order valence-corrected chi connectivity index (χ1v) is 5.87. The van der Waals surface area contributed by atoms with E-state index in [2.05, 4.69) is 10.6 Å². The molecule has 1 unspecified atom stereocenters. The summed E-state index contributed by atoms with van der Waals surface area (Å²) in [6.07, 6.45) is 3.58. The second kappa shape index (κ2) is 3.59. The van der Waals surface area contributed by atoms with Crippen molar-refractivity contribution in [3.63, 3.8) is 0 Å². The van der Waals surface area contributed by atoms with Gasteiger partial charge in [-0.05, 0) is 36.8 Å². The maximum absolute atomic E-state index is 12.0. The Kier molecular flexibility index (Phi) is 2.21. The molecule has 1 spiro atoms. The SMILES string of the molecule is O=C(Nc1ccccc1)C1CC2(CC2)CN1. The van der Waals surface area contributed by atoms with Crippen LogP contribution in [-0.2, 0) is 4.79 Å². The molecule has 3 heteroatoms. The molecule has 1 aromatic rings. The quantitative estimate of drug-likeness (QED) is 0.791. The lowest BCUT2D eigenvalue weighted by atomic mass is 10.0. The molecule has 1 aliphatic carbocycles. The lowest BCUT2D eigenvalue weighted by Crippen LogP contribution is -2.35. The van der Waals surface area contributed by atoms with E-state index in [9.17, 15) is 4.79 Å². The van der Waals surface area contributed by atoms with Crippen LogP contribution in [0.3, 0.4) is 0 Å². The van der Waals surface area contributed by atoms with E-state index in [4.69, 9.17) is 0 Å². The van der Waals surface area contributed by atoms with Gasteiger partial charge in [-0.2, -0.15) is 0 Å². The minimum Gasteiger partial charge on any atom is -0.325 e. The van der Waals surface area contributed by atoms with Gasteiger partial charge in [0.1, 0.15) is 0 Å². The summed E-state index contributed by atoms with van der Waals surface area (Å²) in [5.41, 5.74) is 1.35. The number of hydrogen-bond acceptors (Lipinski definition) is 2. The molecule has 2 fully saturated rings. The molecule has 1 amide bonds. The van der Waals surface area contributed by atoms with E-state index in [1.807, 2.05) is 30.3 Å². The van der Waals surface area contributed by atoms with Crippen molar-refractivity contribution in [2.75, 3.05) is 11.9 Å². The van der Waals surface area contributed by atoms with Crippen molar-refractivity contribution in [2.45, 2.75) is 25.3 Å². The number of para-hydroxylation sites is 1. The smallest absolute Gasteiger partial charge is 0.241 e. The Hall–Kier alpha value is -1.35. The molecule has 2 aliphatic rings. The number of benzene rings is 1. The highest BCUT2D eigenvalue weighted by atomic mass is 16.2. The van der Waals surface area contributed by atoms with E-state index in [1.54, 1.807) is 0 Å². The normalized spacial score (nSPS) is 25.6. The first-order chi connectivity index (χ1) is 7.77. The van der Waals surface area contributed by atoms with Gasteiger partial charge >= 0.3 is 0 Å². The second-order valence-corrected chi connectivity index (χ2v) is 4.99. The molecule has 0 bridgehead atoms. The summed E-state index contributed by atoms with van der Waals surface area (Å²) in [5, 5.41) is 6.27. The topological polar surface area (TPSA) is 41.1 Å². The van der Waals surface area contributed by atoms with Gasteiger partial charge in [0.25, 0.3) is 0 Å². The fraction of sp³-hybridized carbons (Fsp3) is 0.462. The Labute approximate surface area is 95.2 Å². The van der Waals surface area contributed by atoms with Gasteiger partial charge in [0.2, 0.25) is 5.91 Å². The van der Waals surface area contributed by atoms with Gasteiger partial charge in [-0.15, -0.1) is 0 Å². The maximum Gasteiger partial charge on any atom is 0.241 e. The summed E-state index contributed by atoms with van der Waals surface area (Å²) < 4.78 is 0. The minimum atomic E-state index is 0.00251. The van der Waals surface area contributed by atoms with Crippen molar-refractivity contribution in [3.05, 3.63) is 30.3 Å².